The number of nitriles is 1. The zero-order valence-corrected chi connectivity index (χ0v) is 16.6. The van der Waals surface area contributed by atoms with Crippen LogP contribution in [0.4, 0.5) is 5.88 Å². The van der Waals surface area contributed by atoms with Gasteiger partial charge >= 0.3 is 0 Å². The van der Waals surface area contributed by atoms with Gasteiger partial charge < -0.3 is 4.52 Å². The third-order valence-corrected chi connectivity index (χ3v) is 5.84. The Morgan fingerprint density at radius 1 is 1.14 bits per heavy atom. The molecule has 2 aromatic heterocycles. The lowest BCUT2D eigenvalue weighted by molar-refractivity contribution is 0.430. The Morgan fingerprint density at radius 2 is 1.79 bits per heavy atom. The Labute approximate surface area is 162 Å². The topological polar surface area (TPSA) is 118 Å². The SMILES string of the molecule is Cc1cc(C)n(-c2ccc(S(=O)(=O)Nc3onc(C)c3C)cc2)c(=O)c1C#N. The van der Waals surface area contributed by atoms with Gasteiger partial charge in [-0.2, -0.15) is 5.26 Å². The van der Waals surface area contributed by atoms with Gasteiger partial charge in [-0.05, 0) is 63.6 Å². The summed E-state index contributed by atoms with van der Waals surface area (Å²) >= 11 is 0. The quantitative estimate of drug-likeness (QED) is 0.722. The lowest BCUT2D eigenvalue weighted by Gasteiger charge is -2.13. The number of anilines is 1. The molecule has 0 fully saturated rings. The molecule has 0 spiro atoms. The maximum Gasteiger partial charge on any atom is 0.273 e. The van der Waals surface area contributed by atoms with Crippen molar-refractivity contribution in [2.24, 2.45) is 0 Å². The van der Waals surface area contributed by atoms with Gasteiger partial charge in [0.25, 0.3) is 15.6 Å². The molecule has 0 bridgehead atoms. The zero-order valence-electron chi connectivity index (χ0n) is 15.8. The maximum atomic E-state index is 12.6. The molecule has 0 radical (unpaired) electrons. The highest BCUT2D eigenvalue weighted by molar-refractivity contribution is 7.92. The van der Waals surface area contributed by atoms with Crippen LogP contribution in [0.15, 0.2) is 44.5 Å². The monoisotopic (exact) mass is 398 g/mol. The van der Waals surface area contributed by atoms with Crippen molar-refractivity contribution in [1.29, 1.82) is 5.26 Å². The molecule has 144 valence electrons. The van der Waals surface area contributed by atoms with Crippen molar-refractivity contribution in [2.45, 2.75) is 32.6 Å². The largest absolute Gasteiger partial charge is 0.337 e. The van der Waals surface area contributed by atoms with Gasteiger partial charge in [0.05, 0.1) is 10.6 Å². The number of pyridine rings is 1. The first-order valence-electron chi connectivity index (χ1n) is 8.35. The van der Waals surface area contributed by atoms with Gasteiger partial charge in [-0.25, -0.2) is 13.1 Å². The second-order valence-electron chi connectivity index (χ2n) is 6.42. The first kappa shape index (κ1) is 19.4. The molecule has 3 aromatic rings. The van der Waals surface area contributed by atoms with E-state index < -0.39 is 15.6 Å². The van der Waals surface area contributed by atoms with E-state index in [0.717, 1.165) is 0 Å². The van der Waals surface area contributed by atoms with E-state index in [4.69, 9.17) is 4.52 Å². The highest BCUT2D eigenvalue weighted by atomic mass is 32.2. The first-order chi connectivity index (χ1) is 13.2. The summed E-state index contributed by atoms with van der Waals surface area (Å²) in [5, 5.41) is 12.9. The van der Waals surface area contributed by atoms with Gasteiger partial charge in [-0.15, -0.1) is 0 Å². The second kappa shape index (κ2) is 6.98. The van der Waals surface area contributed by atoms with Crippen molar-refractivity contribution in [3.63, 3.8) is 0 Å². The van der Waals surface area contributed by atoms with Gasteiger partial charge in [0.2, 0.25) is 5.88 Å². The Morgan fingerprint density at radius 3 is 2.32 bits per heavy atom. The summed E-state index contributed by atoms with van der Waals surface area (Å²) in [4.78, 5) is 12.6. The number of aromatic nitrogens is 2. The number of aryl methyl sites for hydroxylation is 3. The second-order valence-corrected chi connectivity index (χ2v) is 8.10. The fourth-order valence-electron chi connectivity index (χ4n) is 2.81. The average Bonchev–Trinajstić information content (AvgIpc) is 2.94. The van der Waals surface area contributed by atoms with Crippen LogP contribution in [-0.4, -0.2) is 18.1 Å². The lowest BCUT2D eigenvalue weighted by Crippen LogP contribution is -2.24. The van der Waals surface area contributed by atoms with Crippen LogP contribution < -0.4 is 10.3 Å². The van der Waals surface area contributed by atoms with E-state index in [9.17, 15) is 18.5 Å². The molecule has 0 atom stereocenters. The summed E-state index contributed by atoms with van der Waals surface area (Å²) in [5.74, 6) is 0.0610. The minimum atomic E-state index is -3.88. The summed E-state index contributed by atoms with van der Waals surface area (Å²) in [5.41, 5.74) is 2.51. The van der Waals surface area contributed by atoms with E-state index in [-0.39, 0.29) is 16.3 Å². The van der Waals surface area contributed by atoms with E-state index in [1.54, 1.807) is 33.8 Å². The fraction of sp³-hybridized carbons (Fsp3) is 0.211. The first-order valence-corrected chi connectivity index (χ1v) is 9.83. The minimum absolute atomic E-state index is 0.00280. The Balaban J connectivity index is 2.00. The highest BCUT2D eigenvalue weighted by Crippen LogP contribution is 2.22. The van der Waals surface area contributed by atoms with Crippen LogP contribution in [0.5, 0.6) is 0 Å². The summed E-state index contributed by atoms with van der Waals surface area (Å²) < 4.78 is 33.9. The molecule has 0 saturated carbocycles. The smallest absolute Gasteiger partial charge is 0.273 e. The third kappa shape index (κ3) is 3.30. The average molecular weight is 398 g/mol. The van der Waals surface area contributed by atoms with Crippen molar-refractivity contribution in [1.82, 2.24) is 9.72 Å². The highest BCUT2D eigenvalue weighted by Gasteiger charge is 2.19. The van der Waals surface area contributed by atoms with Crippen molar-refractivity contribution in [2.75, 3.05) is 4.72 Å². The van der Waals surface area contributed by atoms with E-state index in [1.165, 1.54) is 28.8 Å². The molecule has 9 heteroatoms. The van der Waals surface area contributed by atoms with E-state index in [1.807, 2.05) is 6.07 Å². The van der Waals surface area contributed by atoms with Crippen LogP contribution in [0, 0.1) is 39.0 Å². The van der Waals surface area contributed by atoms with Gasteiger partial charge in [0.15, 0.2) is 0 Å². The minimum Gasteiger partial charge on any atom is -0.337 e. The molecule has 0 saturated heterocycles. The van der Waals surface area contributed by atoms with Crippen molar-refractivity contribution in [3.05, 3.63) is 68.8 Å². The number of nitrogens with zero attached hydrogens (tertiary/aromatic N) is 3. The summed E-state index contributed by atoms with van der Waals surface area (Å²) in [7, 11) is -3.88. The van der Waals surface area contributed by atoms with E-state index >= 15 is 0 Å². The number of nitrogens with one attached hydrogen (secondary N) is 1. The van der Waals surface area contributed by atoms with Gasteiger partial charge in [-0.3, -0.25) is 9.36 Å². The molecule has 28 heavy (non-hydrogen) atoms. The predicted molar refractivity (Wildman–Crippen MR) is 103 cm³/mol. The molecule has 2 heterocycles. The van der Waals surface area contributed by atoms with Crippen LogP contribution in [0.2, 0.25) is 0 Å². The standard InChI is InChI=1S/C19H18N4O4S/c1-11-9-12(2)23(19(24)17(11)10-20)15-5-7-16(8-6-15)28(25,26)22-18-13(3)14(4)21-27-18/h5-9,22H,1-4H3. The van der Waals surface area contributed by atoms with Crippen molar-refractivity contribution in [3.8, 4) is 11.8 Å². The lowest BCUT2D eigenvalue weighted by atomic mass is 10.1. The zero-order chi connectivity index (χ0) is 20.6. The van der Waals surface area contributed by atoms with Gasteiger partial charge in [0, 0.05) is 16.9 Å². The molecule has 3 rings (SSSR count). The molecule has 8 nitrogen and oxygen atoms in total. The molecular formula is C19H18N4O4S. The molecule has 1 aromatic carbocycles. The molecule has 1 N–H and O–H groups in total. The maximum absolute atomic E-state index is 12.6. The molecule has 0 aliphatic heterocycles. The molecule has 0 aliphatic carbocycles. The van der Waals surface area contributed by atoms with Gasteiger partial charge in [-0.1, -0.05) is 5.16 Å². The van der Waals surface area contributed by atoms with Crippen LogP contribution in [0.25, 0.3) is 5.69 Å². The predicted octanol–water partition coefficient (Wildman–Crippen LogP) is 2.73. The summed E-state index contributed by atoms with van der Waals surface area (Å²) in [6.45, 7) is 6.86. The third-order valence-electron chi connectivity index (χ3n) is 4.49. The van der Waals surface area contributed by atoms with Crippen molar-refractivity contribution < 1.29 is 12.9 Å². The van der Waals surface area contributed by atoms with Crippen LogP contribution in [-0.2, 0) is 10.0 Å². The molecule has 0 unspecified atom stereocenters. The Kier molecular flexibility index (Phi) is 4.83. The number of benzene rings is 1. The Hall–Kier alpha value is -3.38. The number of hydrogen-bond donors (Lipinski definition) is 1. The fourth-order valence-corrected chi connectivity index (χ4v) is 3.86. The Bertz CT molecular complexity index is 1260. The van der Waals surface area contributed by atoms with Crippen LogP contribution in [0.3, 0.4) is 0 Å². The summed E-state index contributed by atoms with van der Waals surface area (Å²) in [6.07, 6.45) is 0. The van der Waals surface area contributed by atoms with Crippen LogP contribution in [0.1, 0.15) is 28.1 Å². The normalized spacial score (nSPS) is 11.2. The van der Waals surface area contributed by atoms with Crippen molar-refractivity contribution >= 4 is 15.9 Å². The summed E-state index contributed by atoms with van der Waals surface area (Å²) in [6, 6.07) is 9.44. The molecular weight excluding hydrogens is 380 g/mol. The van der Waals surface area contributed by atoms with Crippen LogP contribution >= 0.6 is 0 Å². The van der Waals surface area contributed by atoms with E-state index in [0.29, 0.717) is 28.2 Å². The molecule has 0 amide bonds. The number of rotatable bonds is 4. The van der Waals surface area contributed by atoms with Gasteiger partial charge in [0.1, 0.15) is 11.6 Å². The molecule has 0 aliphatic rings. The number of hydrogen-bond acceptors (Lipinski definition) is 6. The van der Waals surface area contributed by atoms with E-state index in [2.05, 4.69) is 9.88 Å². The number of sulfonamides is 1.